The quantitative estimate of drug-likeness (QED) is 0.453. The van der Waals surface area contributed by atoms with Crippen molar-refractivity contribution in [3.8, 4) is 0 Å². The summed E-state index contributed by atoms with van der Waals surface area (Å²) in [5.41, 5.74) is 5.27. The Morgan fingerprint density at radius 2 is 2.27 bits per heavy atom. The first-order valence-electron chi connectivity index (χ1n) is 3.84. The monoisotopic (exact) mass is 159 g/mol. The molecule has 0 fully saturated rings. The summed E-state index contributed by atoms with van der Waals surface area (Å²) in [4.78, 5) is 10.5. The molecule has 0 aromatic rings. The third-order valence-corrected chi connectivity index (χ3v) is 1.22. The van der Waals surface area contributed by atoms with E-state index < -0.39 is 0 Å². The highest BCUT2D eigenvalue weighted by Crippen LogP contribution is 1.77. The van der Waals surface area contributed by atoms with Gasteiger partial charge < -0.3 is 16.4 Å². The summed E-state index contributed by atoms with van der Waals surface area (Å²) in [7, 11) is 0. The molecule has 0 aliphatic carbocycles. The second-order valence-electron chi connectivity index (χ2n) is 2.59. The minimum absolute atomic E-state index is 0.00653. The van der Waals surface area contributed by atoms with Crippen LogP contribution in [0.25, 0.3) is 0 Å². The largest absolute Gasteiger partial charge is 0.353 e. The molecular weight excluding hydrogens is 142 g/mol. The number of nitrogens with two attached hydrogens (primary N) is 1. The van der Waals surface area contributed by atoms with E-state index >= 15 is 0 Å². The lowest BCUT2D eigenvalue weighted by atomic mass is 10.3. The second kappa shape index (κ2) is 6.12. The number of rotatable bonds is 5. The lowest BCUT2D eigenvalue weighted by molar-refractivity contribution is -0.119. The zero-order valence-corrected chi connectivity index (χ0v) is 7.18. The van der Waals surface area contributed by atoms with Gasteiger partial charge in [-0.25, -0.2) is 0 Å². The predicted octanol–water partition coefficient (Wildman–Crippen LogP) is -0.941. The molecule has 1 amide bonds. The van der Waals surface area contributed by atoms with Gasteiger partial charge in [-0.3, -0.25) is 4.79 Å². The van der Waals surface area contributed by atoms with Crippen molar-refractivity contribution in [3.05, 3.63) is 0 Å². The SMILES string of the molecule is CC(=O)NC(C)CNCCN. The van der Waals surface area contributed by atoms with Crippen LogP contribution in [-0.2, 0) is 4.79 Å². The molecule has 66 valence electrons. The average molecular weight is 159 g/mol. The summed E-state index contributed by atoms with van der Waals surface area (Å²) in [6.07, 6.45) is 0. The molecule has 4 N–H and O–H groups in total. The van der Waals surface area contributed by atoms with Crippen LogP contribution < -0.4 is 16.4 Å². The van der Waals surface area contributed by atoms with Gasteiger partial charge in [0.05, 0.1) is 0 Å². The van der Waals surface area contributed by atoms with E-state index in [-0.39, 0.29) is 11.9 Å². The van der Waals surface area contributed by atoms with E-state index in [1.807, 2.05) is 6.92 Å². The molecule has 0 rings (SSSR count). The molecule has 0 heterocycles. The third kappa shape index (κ3) is 7.29. The maximum absolute atomic E-state index is 10.5. The van der Waals surface area contributed by atoms with E-state index in [4.69, 9.17) is 5.73 Å². The van der Waals surface area contributed by atoms with E-state index in [0.717, 1.165) is 13.1 Å². The standard InChI is InChI=1S/C7H17N3O/c1-6(10-7(2)11)5-9-4-3-8/h6,9H,3-5,8H2,1-2H3,(H,10,11). The van der Waals surface area contributed by atoms with Crippen LogP contribution in [0.1, 0.15) is 13.8 Å². The molecule has 0 aliphatic heterocycles. The topological polar surface area (TPSA) is 67.2 Å². The number of hydrogen-bond donors (Lipinski definition) is 3. The van der Waals surface area contributed by atoms with Crippen molar-refractivity contribution in [2.45, 2.75) is 19.9 Å². The van der Waals surface area contributed by atoms with Gasteiger partial charge in [-0.05, 0) is 6.92 Å². The Morgan fingerprint density at radius 3 is 2.73 bits per heavy atom. The summed E-state index contributed by atoms with van der Waals surface area (Å²) >= 11 is 0. The van der Waals surface area contributed by atoms with Crippen LogP contribution in [0.15, 0.2) is 0 Å². The summed E-state index contributed by atoms with van der Waals surface area (Å²) < 4.78 is 0. The number of amides is 1. The number of nitrogens with one attached hydrogen (secondary N) is 2. The fourth-order valence-electron chi connectivity index (χ4n) is 0.819. The van der Waals surface area contributed by atoms with Crippen molar-refractivity contribution < 1.29 is 4.79 Å². The maximum atomic E-state index is 10.5. The maximum Gasteiger partial charge on any atom is 0.217 e. The Balaban J connectivity index is 3.22. The van der Waals surface area contributed by atoms with Gasteiger partial charge >= 0.3 is 0 Å². The van der Waals surface area contributed by atoms with Crippen molar-refractivity contribution in [3.63, 3.8) is 0 Å². The first-order chi connectivity index (χ1) is 5.16. The molecule has 4 nitrogen and oxygen atoms in total. The van der Waals surface area contributed by atoms with Gasteiger partial charge in [0.1, 0.15) is 0 Å². The summed E-state index contributed by atoms with van der Waals surface area (Å²) in [5.74, 6) is 0.00653. The van der Waals surface area contributed by atoms with Crippen LogP contribution in [0.4, 0.5) is 0 Å². The third-order valence-electron chi connectivity index (χ3n) is 1.22. The Kier molecular flexibility index (Phi) is 5.78. The minimum Gasteiger partial charge on any atom is -0.353 e. The van der Waals surface area contributed by atoms with Crippen molar-refractivity contribution >= 4 is 5.91 Å². The molecule has 0 spiro atoms. The van der Waals surface area contributed by atoms with Crippen LogP contribution in [0, 0.1) is 0 Å². The predicted molar refractivity (Wildman–Crippen MR) is 45.2 cm³/mol. The van der Waals surface area contributed by atoms with Gasteiger partial charge in [-0.1, -0.05) is 0 Å². The molecular formula is C7H17N3O. The van der Waals surface area contributed by atoms with Gasteiger partial charge in [0.15, 0.2) is 0 Å². The number of carbonyl (C=O) groups is 1. The Hall–Kier alpha value is -0.610. The highest BCUT2D eigenvalue weighted by atomic mass is 16.1. The lowest BCUT2D eigenvalue weighted by Crippen LogP contribution is -2.40. The molecule has 0 aliphatic rings. The second-order valence-corrected chi connectivity index (χ2v) is 2.59. The van der Waals surface area contributed by atoms with Crippen molar-refractivity contribution in [1.82, 2.24) is 10.6 Å². The van der Waals surface area contributed by atoms with Gasteiger partial charge in [0, 0.05) is 32.6 Å². The molecule has 0 bridgehead atoms. The number of carbonyl (C=O) groups excluding carboxylic acids is 1. The van der Waals surface area contributed by atoms with E-state index in [2.05, 4.69) is 10.6 Å². The Morgan fingerprint density at radius 1 is 1.64 bits per heavy atom. The first kappa shape index (κ1) is 10.4. The van der Waals surface area contributed by atoms with E-state index in [9.17, 15) is 4.79 Å². The summed E-state index contributed by atoms with van der Waals surface area (Å²) in [6.45, 7) is 5.66. The van der Waals surface area contributed by atoms with E-state index in [1.165, 1.54) is 6.92 Å². The molecule has 1 atom stereocenters. The van der Waals surface area contributed by atoms with Crippen LogP contribution in [0.3, 0.4) is 0 Å². The van der Waals surface area contributed by atoms with Gasteiger partial charge in [0.2, 0.25) is 5.91 Å². The summed E-state index contributed by atoms with van der Waals surface area (Å²) in [6, 6.07) is 0.180. The van der Waals surface area contributed by atoms with Crippen molar-refractivity contribution in [2.75, 3.05) is 19.6 Å². The molecule has 11 heavy (non-hydrogen) atoms. The zero-order valence-electron chi connectivity index (χ0n) is 7.18. The molecule has 0 saturated carbocycles. The number of hydrogen-bond acceptors (Lipinski definition) is 3. The highest BCUT2D eigenvalue weighted by Gasteiger charge is 2.00. The van der Waals surface area contributed by atoms with Crippen LogP contribution in [-0.4, -0.2) is 31.6 Å². The fraction of sp³-hybridized carbons (Fsp3) is 0.857. The summed E-state index contributed by atoms with van der Waals surface area (Å²) in [5, 5.41) is 5.86. The first-order valence-corrected chi connectivity index (χ1v) is 3.84. The van der Waals surface area contributed by atoms with Gasteiger partial charge in [-0.2, -0.15) is 0 Å². The highest BCUT2D eigenvalue weighted by molar-refractivity contribution is 5.73. The lowest BCUT2D eigenvalue weighted by Gasteiger charge is -2.12. The molecule has 4 heteroatoms. The van der Waals surface area contributed by atoms with Crippen LogP contribution in [0.2, 0.25) is 0 Å². The van der Waals surface area contributed by atoms with E-state index in [1.54, 1.807) is 0 Å². The molecule has 0 saturated heterocycles. The zero-order chi connectivity index (χ0) is 8.69. The van der Waals surface area contributed by atoms with Crippen molar-refractivity contribution in [2.24, 2.45) is 5.73 Å². The van der Waals surface area contributed by atoms with Crippen LogP contribution in [0.5, 0.6) is 0 Å². The molecule has 0 aromatic heterocycles. The Labute approximate surface area is 67.5 Å². The minimum atomic E-state index is 0.00653. The van der Waals surface area contributed by atoms with Crippen molar-refractivity contribution in [1.29, 1.82) is 0 Å². The smallest absolute Gasteiger partial charge is 0.217 e. The Bertz CT molecular complexity index is 116. The van der Waals surface area contributed by atoms with Gasteiger partial charge in [0.25, 0.3) is 0 Å². The molecule has 1 unspecified atom stereocenters. The molecule has 0 radical (unpaired) electrons. The van der Waals surface area contributed by atoms with Crippen LogP contribution >= 0.6 is 0 Å². The average Bonchev–Trinajstić information content (AvgIpc) is 1.86. The van der Waals surface area contributed by atoms with Gasteiger partial charge in [-0.15, -0.1) is 0 Å². The molecule has 0 aromatic carbocycles. The fourth-order valence-corrected chi connectivity index (χ4v) is 0.819. The normalized spacial score (nSPS) is 12.6. The van der Waals surface area contributed by atoms with E-state index in [0.29, 0.717) is 6.54 Å².